The van der Waals surface area contributed by atoms with Gasteiger partial charge >= 0.3 is 0 Å². The fourth-order valence-electron chi connectivity index (χ4n) is 3.44. The standard InChI is InChI=1S/C20H21N3O2S/c1-11(2)13-6-3-5-12(9-13)10-21-19(25)17-22-18(24)16-14-7-4-8-15(14)26-20(16)23-17/h3,5-6,9,11H,4,7-8,10H2,1-2H3,(H,21,25)(H,22,23,24). The van der Waals surface area contributed by atoms with Crippen LogP contribution in [0.2, 0.25) is 0 Å². The third-order valence-corrected chi connectivity index (χ3v) is 6.05. The summed E-state index contributed by atoms with van der Waals surface area (Å²) in [6.45, 7) is 4.68. The van der Waals surface area contributed by atoms with Crippen LogP contribution in [0.4, 0.5) is 0 Å². The second-order valence-electron chi connectivity index (χ2n) is 7.03. The maximum atomic E-state index is 12.5. The monoisotopic (exact) mass is 367 g/mol. The summed E-state index contributed by atoms with van der Waals surface area (Å²) >= 11 is 1.54. The summed E-state index contributed by atoms with van der Waals surface area (Å²) in [4.78, 5) is 33.9. The molecule has 0 radical (unpaired) electrons. The van der Waals surface area contributed by atoms with Crippen LogP contribution in [0.15, 0.2) is 29.1 Å². The molecule has 26 heavy (non-hydrogen) atoms. The van der Waals surface area contributed by atoms with Crippen LogP contribution in [0.25, 0.3) is 10.2 Å². The van der Waals surface area contributed by atoms with Gasteiger partial charge in [-0.2, -0.15) is 0 Å². The molecule has 4 rings (SSSR count). The minimum atomic E-state index is -0.354. The van der Waals surface area contributed by atoms with E-state index >= 15 is 0 Å². The summed E-state index contributed by atoms with van der Waals surface area (Å²) in [6.07, 6.45) is 3.02. The molecule has 0 unspecified atom stereocenters. The van der Waals surface area contributed by atoms with Crippen LogP contribution in [0.5, 0.6) is 0 Å². The highest BCUT2D eigenvalue weighted by Crippen LogP contribution is 2.34. The Kier molecular flexibility index (Phi) is 4.36. The molecule has 0 aliphatic heterocycles. The first kappa shape index (κ1) is 17.0. The quantitative estimate of drug-likeness (QED) is 0.741. The molecule has 2 aromatic heterocycles. The lowest BCUT2D eigenvalue weighted by Crippen LogP contribution is -2.27. The predicted octanol–water partition coefficient (Wildman–Crippen LogP) is 3.53. The number of H-pyrrole nitrogens is 1. The number of aryl methyl sites for hydroxylation is 2. The van der Waals surface area contributed by atoms with Gasteiger partial charge in [-0.1, -0.05) is 38.1 Å². The van der Waals surface area contributed by atoms with E-state index in [1.807, 2.05) is 12.1 Å². The van der Waals surface area contributed by atoms with Crippen molar-refractivity contribution >= 4 is 27.5 Å². The molecule has 1 aromatic carbocycles. The number of aromatic nitrogens is 2. The Hall–Kier alpha value is -2.47. The fraction of sp³-hybridized carbons (Fsp3) is 0.350. The normalized spacial score (nSPS) is 13.3. The molecular weight excluding hydrogens is 346 g/mol. The molecule has 0 saturated carbocycles. The molecule has 5 nitrogen and oxygen atoms in total. The molecule has 2 N–H and O–H groups in total. The molecule has 134 valence electrons. The van der Waals surface area contributed by atoms with Gasteiger partial charge in [-0.15, -0.1) is 11.3 Å². The molecular formula is C20H21N3O2S. The molecule has 6 heteroatoms. The first-order valence-electron chi connectivity index (χ1n) is 8.94. The number of amides is 1. The van der Waals surface area contributed by atoms with Crippen molar-refractivity contribution in [2.24, 2.45) is 0 Å². The molecule has 0 atom stereocenters. The number of hydrogen-bond acceptors (Lipinski definition) is 4. The zero-order valence-corrected chi connectivity index (χ0v) is 15.7. The predicted molar refractivity (Wildman–Crippen MR) is 104 cm³/mol. The van der Waals surface area contributed by atoms with Gasteiger partial charge in [0.25, 0.3) is 11.5 Å². The smallest absolute Gasteiger partial charge is 0.287 e. The van der Waals surface area contributed by atoms with E-state index in [-0.39, 0.29) is 17.3 Å². The Morgan fingerprint density at radius 1 is 1.35 bits per heavy atom. The Bertz CT molecular complexity index is 1050. The van der Waals surface area contributed by atoms with Crippen LogP contribution in [0.3, 0.4) is 0 Å². The zero-order chi connectivity index (χ0) is 18.3. The molecule has 0 bridgehead atoms. The highest BCUT2D eigenvalue weighted by Gasteiger charge is 2.22. The summed E-state index contributed by atoms with van der Waals surface area (Å²) in [5.41, 5.74) is 3.18. The molecule has 0 spiro atoms. The lowest BCUT2D eigenvalue weighted by atomic mass is 10.0. The van der Waals surface area contributed by atoms with Crippen LogP contribution in [0.1, 0.15) is 58.4 Å². The van der Waals surface area contributed by atoms with Gasteiger partial charge in [-0.25, -0.2) is 4.98 Å². The van der Waals surface area contributed by atoms with Crippen molar-refractivity contribution in [3.8, 4) is 0 Å². The van der Waals surface area contributed by atoms with Gasteiger partial charge in [0.15, 0.2) is 0 Å². The van der Waals surface area contributed by atoms with E-state index in [9.17, 15) is 9.59 Å². The van der Waals surface area contributed by atoms with Crippen LogP contribution in [-0.4, -0.2) is 15.9 Å². The number of carbonyl (C=O) groups is 1. The second kappa shape index (κ2) is 6.68. The molecule has 0 saturated heterocycles. The SMILES string of the molecule is CC(C)c1cccc(CNC(=O)c2nc3sc4c(c3c(=O)[nH]2)CCC4)c1. The van der Waals surface area contributed by atoms with Crippen molar-refractivity contribution in [1.29, 1.82) is 0 Å². The molecule has 2 heterocycles. The lowest BCUT2D eigenvalue weighted by molar-refractivity contribution is 0.0940. The van der Waals surface area contributed by atoms with Gasteiger partial charge in [0.05, 0.1) is 5.39 Å². The van der Waals surface area contributed by atoms with Crippen LogP contribution >= 0.6 is 11.3 Å². The van der Waals surface area contributed by atoms with E-state index in [1.165, 1.54) is 10.4 Å². The summed E-state index contributed by atoms with van der Waals surface area (Å²) in [7, 11) is 0. The van der Waals surface area contributed by atoms with Crippen molar-refractivity contribution in [2.45, 2.75) is 45.6 Å². The lowest BCUT2D eigenvalue weighted by Gasteiger charge is -2.09. The third-order valence-electron chi connectivity index (χ3n) is 4.86. The van der Waals surface area contributed by atoms with Crippen LogP contribution in [-0.2, 0) is 19.4 Å². The van der Waals surface area contributed by atoms with Crippen molar-refractivity contribution in [2.75, 3.05) is 0 Å². The summed E-state index contributed by atoms with van der Waals surface area (Å²) in [6, 6.07) is 8.15. The Balaban J connectivity index is 1.55. The van der Waals surface area contributed by atoms with Crippen molar-refractivity contribution < 1.29 is 4.79 Å². The average molecular weight is 367 g/mol. The van der Waals surface area contributed by atoms with E-state index in [0.29, 0.717) is 22.7 Å². The summed E-state index contributed by atoms with van der Waals surface area (Å²) in [5, 5.41) is 3.53. The van der Waals surface area contributed by atoms with E-state index in [1.54, 1.807) is 11.3 Å². The van der Waals surface area contributed by atoms with Gasteiger partial charge in [0, 0.05) is 11.4 Å². The number of nitrogens with one attached hydrogen (secondary N) is 2. The van der Waals surface area contributed by atoms with E-state index in [2.05, 4.69) is 41.3 Å². The number of rotatable bonds is 4. The maximum Gasteiger partial charge on any atom is 0.287 e. The molecule has 3 aromatic rings. The highest BCUT2D eigenvalue weighted by atomic mass is 32.1. The largest absolute Gasteiger partial charge is 0.345 e. The molecule has 1 aliphatic carbocycles. The molecule has 0 fully saturated rings. The van der Waals surface area contributed by atoms with E-state index in [0.717, 1.165) is 30.4 Å². The topological polar surface area (TPSA) is 74.8 Å². The Morgan fingerprint density at radius 2 is 2.19 bits per heavy atom. The number of hydrogen-bond donors (Lipinski definition) is 2. The summed E-state index contributed by atoms with van der Waals surface area (Å²) < 4.78 is 0. The number of benzene rings is 1. The minimum Gasteiger partial charge on any atom is -0.345 e. The van der Waals surface area contributed by atoms with Gasteiger partial charge in [0.1, 0.15) is 4.83 Å². The number of thiophene rings is 1. The Labute approximate surface area is 155 Å². The second-order valence-corrected chi connectivity index (χ2v) is 8.12. The van der Waals surface area contributed by atoms with Gasteiger partial charge in [-0.05, 0) is 41.9 Å². The van der Waals surface area contributed by atoms with Gasteiger partial charge in [0.2, 0.25) is 5.82 Å². The van der Waals surface area contributed by atoms with Crippen LogP contribution in [0, 0.1) is 0 Å². The molecule has 1 aliphatic rings. The van der Waals surface area contributed by atoms with E-state index < -0.39 is 0 Å². The van der Waals surface area contributed by atoms with E-state index in [4.69, 9.17) is 0 Å². The van der Waals surface area contributed by atoms with Crippen molar-refractivity contribution in [3.63, 3.8) is 0 Å². The number of fused-ring (bicyclic) bond motifs is 3. The average Bonchev–Trinajstić information content (AvgIpc) is 3.20. The number of carbonyl (C=O) groups excluding carboxylic acids is 1. The zero-order valence-electron chi connectivity index (χ0n) is 14.9. The first-order valence-corrected chi connectivity index (χ1v) is 9.76. The van der Waals surface area contributed by atoms with Crippen molar-refractivity contribution in [1.82, 2.24) is 15.3 Å². The Morgan fingerprint density at radius 3 is 3.00 bits per heavy atom. The van der Waals surface area contributed by atoms with Gasteiger partial charge in [-0.3, -0.25) is 9.59 Å². The first-order chi connectivity index (χ1) is 12.5. The fourth-order valence-corrected chi connectivity index (χ4v) is 4.70. The molecule has 1 amide bonds. The van der Waals surface area contributed by atoms with Crippen LogP contribution < -0.4 is 10.9 Å². The van der Waals surface area contributed by atoms with Crippen molar-refractivity contribution in [3.05, 3.63) is 62.0 Å². The van der Waals surface area contributed by atoms with Gasteiger partial charge < -0.3 is 10.3 Å². The third kappa shape index (κ3) is 3.05. The minimum absolute atomic E-state index is 0.0856. The summed E-state index contributed by atoms with van der Waals surface area (Å²) in [5.74, 6) is 0.168. The maximum absolute atomic E-state index is 12.5. The number of aromatic amines is 1. The number of nitrogens with zero attached hydrogens (tertiary/aromatic N) is 1. The highest BCUT2D eigenvalue weighted by molar-refractivity contribution is 7.18.